The van der Waals surface area contributed by atoms with E-state index in [1.54, 1.807) is 19.1 Å². The zero-order valence-corrected chi connectivity index (χ0v) is 21.2. The molecule has 8 N–H and O–H groups in total. The predicted molar refractivity (Wildman–Crippen MR) is 141 cm³/mol. The lowest BCUT2D eigenvalue weighted by Gasteiger charge is -2.40. The summed E-state index contributed by atoms with van der Waals surface area (Å²) in [7, 11) is 0. The third-order valence-corrected chi connectivity index (χ3v) is 7.35. The minimum atomic E-state index is -1.84. The molecule has 3 aromatic carbocycles. The van der Waals surface area contributed by atoms with Crippen molar-refractivity contribution in [2.45, 2.75) is 43.4 Å². The molecule has 210 valence electrons. The number of ether oxygens (including phenoxy) is 1. The normalized spacial score (nSPS) is 23.8. The van der Waals surface area contributed by atoms with E-state index in [0.29, 0.717) is 11.1 Å². The first-order valence-corrected chi connectivity index (χ1v) is 12.5. The summed E-state index contributed by atoms with van der Waals surface area (Å²) in [5.41, 5.74) is -0.536. The molecule has 1 aliphatic rings. The Balaban J connectivity index is 1.82. The number of aliphatic hydroxyl groups is 4. The van der Waals surface area contributed by atoms with Gasteiger partial charge in [-0.15, -0.1) is 0 Å². The number of rotatable bonds is 5. The van der Waals surface area contributed by atoms with Crippen molar-refractivity contribution in [3.63, 3.8) is 0 Å². The van der Waals surface area contributed by atoms with Gasteiger partial charge in [-0.05, 0) is 42.0 Å². The van der Waals surface area contributed by atoms with Gasteiger partial charge in [-0.2, -0.15) is 0 Å². The molecule has 40 heavy (non-hydrogen) atoms. The molecule has 1 aliphatic heterocycles. The first-order chi connectivity index (χ1) is 19.0. The van der Waals surface area contributed by atoms with Crippen molar-refractivity contribution in [2.24, 2.45) is 0 Å². The Labute approximate surface area is 227 Å². The second-order valence-electron chi connectivity index (χ2n) is 9.81. The molecule has 0 spiro atoms. The van der Waals surface area contributed by atoms with Crippen molar-refractivity contribution < 1.29 is 50.0 Å². The second kappa shape index (κ2) is 10.5. The molecule has 1 saturated heterocycles. The molecule has 5 rings (SSSR count). The van der Waals surface area contributed by atoms with Crippen molar-refractivity contribution in [3.8, 4) is 34.3 Å². The lowest BCUT2D eigenvalue weighted by Crippen LogP contribution is -2.55. The van der Waals surface area contributed by atoms with E-state index in [-0.39, 0.29) is 39.4 Å². The molecular formula is C29H28O11. The average molecular weight is 553 g/mol. The zero-order chi connectivity index (χ0) is 28.9. The van der Waals surface area contributed by atoms with Gasteiger partial charge in [0, 0.05) is 23.1 Å². The smallest absolute Gasteiger partial charge is 0.197 e. The van der Waals surface area contributed by atoms with Crippen LogP contribution in [0, 0.1) is 0 Å². The van der Waals surface area contributed by atoms with Crippen molar-refractivity contribution in [1.82, 2.24) is 0 Å². The summed E-state index contributed by atoms with van der Waals surface area (Å²) in [6, 6.07) is 12.8. The molecule has 11 heteroatoms. The van der Waals surface area contributed by atoms with E-state index in [4.69, 9.17) is 9.15 Å². The molecule has 0 bridgehead atoms. The van der Waals surface area contributed by atoms with Gasteiger partial charge in [0.2, 0.25) is 0 Å². The molecule has 1 fully saturated rings. The summed E-state index contributed by atoms with van der Waals surface area (Å²) in [5.74, 6) is -2.00. The summed E-state index contributed by atoms with van der Waals surface area (Å²) in [4.78, 5) is 13.5. The van der Waals surface area contributed by atoms with E-state index in [1.165, 1.54) is 36.4 Å². The summed E-state index contributed by atoms with van der Waals surface area (Å²) in [5, 5.41) is 83.4. The van der Waals surface area contributed by atoms with E-state index in [0.717, 1.165) is 6.07 Å². The number of hydrogen-bond donors (Lipinski definition) is 8. The quantitative estimate of drug-likeness (QED) is 0.180. The number of aromatic hydroxyl groups is 4. The van der Waals surface area contributed by atoms with Crippen molar-refractivity contribution in [3.05, 3.63) is 81.5 Å². The minimum Gasteiger partial charge on any atom is -0.508 e. The van der Waals surface area contributed by atoms with Crippen LogP contribution in [0.3, 0.4) is 0 Å². The maximum Gasteiger partial charge on any atom is 0.197 e. The fraction of sp³-hybridized carbons (Fsp3) is 0.276. The van der Waals surface area contributed by atoms with Gasteiger partial charge in [0.1, 0.15) is 64.7 Å². The largest absolute Gasteiger partial charge is 0.508 e. The van der Waals surface area contributed by atoms with Crippen LogP contribution in [-0.4, -0.2) is 71.9 Å². The van der Waals surface area contributed by atoms with Crippen LogP contribution in [0.2, 0.25) is 0 Å². The molecule has 0 amide bonds. The fourth-order valence-electron chi connectivity index (χ4n) is 5.12. The molecule has 1 aromatic heterocycles. The van der Waals surface area contributed by atoms with Crippen molar-refractivity contribution in [1.29, 1.82) is 0 Å². The van der Waals surface area contributed by atoms with Crippen LogP contribution in [0.15, 0.2) is 63.8 Å². The number of hydrogen-bond acceptors (Lipinski definition) is 11. The summed E-state index contributed by atoms with van der Waals surface area (Å²) >= 11 is 0. The van der Waals surface area contributed by atoms with Crippen LogP contribution in [0.25, 0.3) is 22.3 Å². The highest BCUT2D eigenvalue weighted by molar-refractivity contribution is 5.92. The van der Waals surface area contributed by atoms with Gasteiger partial charge < -0.3 is 50.0 Å². The lowest BCUT2D eigenvalue weighted by atomic mass is 9.84. The number of fused-ring (bicyclic) bond motifs is 1. The third kappa shape index (κ3) is 4.53. The Morgan fingerprint density at radius 3 is 2.02 bits per heavy atom. The lowest BCUT2D eigenvalue weighted by molar-refractivity contribution is -0.231. The Morgan fingerprint density at radius 1 is 0.825 bits per heavy atom. The van der Waals surface area contributed by atoms with Crippen LogP contribution in [-0.2, 0) is 4.74 Å². The van der Waals surface area contributed by atoms with Gasteiger partial charge in [0.25, 0.3) is 0 Å². The number of benzene rings is 3. The van der Waals surface area contributed by atoms with E-state index in [2.05, 4.69) is 0 Å². The van der Waals surface area contributed by atoms with Crippen LogP contribution in [0.1, 0.15) is 35.6 Å². The Bertz CT molecular complexity index is 1590. The Hall–Kier alpha value is -4.13. The van der Waals surface area contributed by atoms with Gasteiger partial charge in [0.15, 0.2) is 11.0 Å². The summed E-state index contributed by atoms with van der Waals surface area (Å²) in [6.45, 7) is 0.897. The van der Waals surface area contributed by atoms with Crippen LogP contribution in [0.5, 0.6) is 23.0 Å². The maximum absolute atomic E-state index is 13.5. The monoisotopic (exact) mass is 552 g/mol. The Kier molecular flexibility index (Phi) is 7.17. The minimum absolute atomic E-state index is 0.00136. The standard InChI is InChI=1S/C29H28O11/c1-12(13-2-6-15(31)7-3-13)20-24(35)21-17(33)10-18(14-4-8-16(32)9-5-14)39-28(21)22(25(20)36)29-27(38)26(37)23(34)19(11-30)40-29/h2-10,12,19,23,26-27,29-32,34-38H,11H2,1H3/t12?,19-,23-,26+,27-,29+/m1/s1. The fourth-order valence-corrected chi connectivity index (χ4v) is 5.12. The van der Waals surface area contributed by atoms with Crippen LogP contribution >= 0.6 is 0 Å². The van der Waals surface area contributed by atoms with Gasteiger partial charge in [-0.1, -0.05) is 19.1 Å². The molecule has 0 saturated carbocycles. The molecule has 4 aromatic rings. The summed E-state index contributed by atoms with van der Waals surface area (Å²) < 4.78 is 11.7. The van der Waals surface area contributed by atoms with Crippen LogP contribution in [0.4, 0.5) is 0 Å². The second-order valence-corrected chi connectivity index (χ2v) is 9.81. The molecule has 0 aliphatic carbocycles. The topological polar surface area (TPSA) is 201 Å². The first-order valence-electron chi connectivity index (χ1n) is 12.5. The van der Waals surface area contributed by atoms with Gasteiger partial charge in [0.05, 0.1) is 12.2 Å². The van der Waals surface area contributed by atoms with Gasteiger partial charge >= 0.3 is 0 Å². The van der Waals surface area contributed by atoms with E-state index in [1.807, 2.05) is 0 Å². The van der Waals surface area contributed by atoms with Crippen LogP contribution < -0.4 is 5.43 Å². The highest BCUT2D eigenvalue weighted by atomic mass is 16.5. The molecule has 6 atom stereocenters. The first kappa shape index (κ1) is 27.4. The van der Waals surface area contributed by atoms with E-state index < -0.39 is 60.0 Å². The average Bonchev–Trinajstić information content (AvgIpc) is 2.93. The zero-order valence-electron chi connectivity index (χ0n) is 21.2. The Morgan fingerprint density at radius 2 is 1.43 bits per heavy atom. The number of phenolic OH excluding ortho intramolecular Hbond substituents is 4. The number of aliphatic hydroxyl groups excluding tert-OH is 4. The van der Waals surface area contributed by atoms with Crippen molar-refractivity contribution in [2.75, 3.05) is 6.61 Å². The van der Waals surface area contributed by atoms with E-state index >= 15 is 0 Å². The number of phenols is 4. The SMILES string of the molecule is CC(c1ccc(O)cc1)c1c(O)c([C@@H]2O[C@H](CO)[C@@H](O)[C@H](O)[C@H]2O)c2oc(-c3ccc(O)cc3)cc(=O)c2c1O. The third-order valence-electron chi connectivity index (χ3n) is 7.35. The van der Waals surface area contributed by atoms with Crippen molar-refractivity contribution >= 4 is 11.0 Å². The van der Waals surface area contributed by atoms with E-state index in [9.17, 15) is 45.6 Å². The molecular weight excluding hydrogens is 524 g/mol. The molecule has 1 unspecified atom stereocenters. The summed E-state index contributed by atoms with van der Waals surface area (Å²) in [6.07, 6.45) is -8.27. The molecule has 0 radical (unpaired) electrons. The molecule has 11 nitrogen and oxygen atoms in total. The molecule has 2 heterocycles. The highest BCUT2D eigenvalue weighted by Gasteiger charge is 2.46. The van der Waals surface area contributed by atoms with Gasteiger partial charge in [-0.3, -0.25) is 4.79 Å². The van der Waals surface area contributed by atoms with Gasteiger partial charge in [-0.25, -0.2) is 0 Å². The predicted octanol–water partition coefficient (Wildman–Crippen LogP) is 1.95. The maximum atomic E-state index is 13.5. The highest BCUT2D eigenvalue weighted by Crippen LogP contribution is 2.49.